The molecule has 1 aliphatic carbocycles. The quantitative estimate of drug-likeness (QED) is 0.340. The minimum atomic E-state index is -0.509. The molecule has 4 heterocycles. The Kier molecular flexibility index (Phi) is 6.45. The second-order valence-electron chi connectivity index (χ2n) is 10.1. The van der Waals surface area contributed by atoms with E-state index >= 15 is 0 Å². The first kappa shape index (κ1) is 24.5. The molecule has 37 heavy (non-hydrogen) atoms. The largest absolute Gasteiger partial charge is 0.349 e. The Balaban J connectivity index is 1.23. The lowest BCUT2D eigenvalue weighted by atomic mass is 9.85. The van der Waals surface area contributed by atoms with Crippen LogP contribution in [0.1, 0.15) is 67.7 Å². The van der Waals surface area contributed by atoms with Gasteiger partial charge in [-0.15, -0.1) is 0 Å². The van der Waals surface area contributed by atoms with Gasteiger partial charge >= 0.3 is 0 Å². The van der Waals surface area contributed by atoms with Crippen LogP contribution in [0.5, 0.6) is 0 Å². The summed E-state index contributed by atoms with van der Waals surface area (Å²) in [5.41, 5.74) is 3.09. The van der Waals surface area contributed by atoms with Crippen molar-refractivity contribution in [1.29, 1.82) is 0 Å². The monoisotopic (exact) mass is 503 g/mol. The summed E-state index contributed by atoms with van der Waals surface area (Å²) in [6, 6.07) is 7.28. The molecule has 0 bridgehead atoms. The Morgan fingerprint density at radius 1 is 1.24 bits per heavy atom. The van der Waals surface area contributed by atoms with Crippen LogP contribution in [0, 0.1) is 25.1 Å². The highest BCUT2D eigenvalue weighted by Crippen LogP contribution is 2.46. The predicted octanol–water partition coefficient (Wildman–Crippen LogP) is 4.43. The second-order valence-corrected chi connectivity index (χ2v) is 10.1. The molecule has 3 N–H and O–H groups in total. The molecule has 0 radical (unpaired) electrons. The van der Waals surface area contributed by atoms with E-state index in [0.29, 0.717) is 24.0 Å². The molecule has 3 atom stereocenters. The van der Waals surface area contributed by atoms with Gasteiger partial charge in [0, 0.05) is 40.7 Å². The highest BCUT2D eigenvalue weighted by molar-refractivity contribution is 5.83. The minimum Gasteiger partial charge on any atom is -0.349 e. The van der Waals surface area contributed by atoms with Gasteiger partial charge in [0.2, 0.25) is 11.9 Å². The van der Waals surface area contributed by atoms with Crippen molar-refractivity contribution in [3.63, 3.8) is 0 Å². The summed E-state index contributed by atoms with van der Waals surface area (Å²) in [6.07, 6.45) is 6.41. The molecule has 1 saturated carbocycles. The van der Waals surface area contributed by atoms with Crippen LogP contribution in [0.15, 0.2) is 42.9 Å². The molecule has 1 fully saturated rings. The van der Waals surface area contributed by atoms with Crippen LogP contribution in [0.3, 0.4) is 0 Å². The minimum absolute atomic E-state index is 0.0110. The third-order valence-corrected chi connectivity index (χ3v) is 6.93. The zero-order chi connectivity index (χ0) is 26.2. The number of aromatic amines is 1. The Morgan fingerprint density at radius 3 is 2.76 bits per heavy atom. The summed E-state index contributed by atoms with van der Waals surface area (Å²) in [5, 5.41) is 17.3. The first-order valence-corrected chi connectivity index (χ1v) is 12.3. The molecule has 4 aromatic rings. The third-order valence-electron chi connectivity index (χ3n) is 6.93. The lowest BCUT2D eigenvalue weighted by Crippen LogP contribution is -2.38. The fourth-order valence-corrected chi connectivity index (χ4v) is 4.82. The van der Waals surface area contributed by atoms with Crippen molar-refractivity contribution < 1.29 is 9.18 Å². The van der Waals surface area contributed by atoms with Gasteiger partial charge in [0.05, 0.1) is 18.4 Å². The number of nitrogens with one attached hydrogen (secondary N) is 3. The zero-order valence-electron chi connectivity index (χ0n) is 21.3. The number of aromatic nitrogens is 7. The van der Waals surface area contributed by atoms with Crippen molar-refractivity contribution >= 4 is 17.7 Å². The molecular weight excluding hydrogens is 473 g/mol. The maximum Gasteiger partial charge on any atom is 0.228 e. The van der Waals surface area contributed by atoms with E-state index in [4.69, 9.17) is 4.98 Å². The van der Waals surface area contributed by atoms with Crippen LogP contribution < -0.4 is 10.6 Å². The fraction of sp³-hybridized carbons (Fsp3) is 0.385. The van der Waals surface area contributed by atoms with E-state index in [1.54, 1.807) is 12.3 Å². The lowest BCUT2D eigenvalue weighted by molar-refractivity contribution is -0.130. The van der Waals surface area contributed by atoms with Crippen LogP contribution in [-0.2, 0) is 4.79 Å². The summed E-state index contributed by atoms with van der Waals surface area (Å²) in [6.45, 7) is 7.82. The number of hydrogen-bond acceptors (Lipinski definition) is 7. The average molecular weight is 504 g/mol. The molecule has 192 valence electrons. The van der Waals surface area contributed by atoms with Crippen molar-refractivity contribution in [2.75, 3.05) is 5.32 Å². The number of hydrogen-bond donors (Lipinski definition) is 3. The van der Waals surface area contributed by atoms with E-state index in [1.165, 1.54) is 10.9 Å². The van der Waals surface area contributed by atoms with Gasteiger partial charge < -0.3 is 10.6 Å². The van der Waals surface area contributed by atoms with Gasteiger partial charge in [0.15, 0.2) is 17.5 Å². The Labute approximate surface area is 214 Å². The Hall–Kier alpha value is -4.15. The number of amides is 1. The topological polar surface area (TPSA) is 126 Å². The molecule has 4 aromatic heterocycles. The smallest absolute Gasteiger partial charge is 0.228 e. The molecule has 10 nitrogen and oxygen atoms in total. The number of H-pyrrole nitrogens is 1. The number of aryl methyl sites for hydroxylation is 2. The van der Waals surface area contributed by atoms with Crippen molar-refractivity contribution in [1.82, 2.24) is 40.2 Å². The molecule has 0 saturated heterocycles. The van der Waals surface area contributed by atoms with Crippen LogP contribution >= 0.6 is 0 Å². The molecule has 0 aromatic carbocycles. The van der Waals surface area contributed by atoms with E-state index in [1.807, 2.05) is 45.9 Å². The van der Waals surface area contributed by atoms with E-state index < -0.39 is 11.2 Å². The maximum absolute atomic E-state index is 13.4. The van der Waals surface area contributed by atoms with Gasteiger partial charge in [-0.2, -0.15) is 10.2 Å². The summed E-state index contributed by atoms with van der Waals surface area (Å²) in [4.78, 5) is 27.0. The van der Waals surface area contributed by atoms with Crippen molar-refractivity contribution in [2.45, 2.75) is 58.9 Å². The van der Waals surface area contributed by atoms with Gasteiger partial charge in [-0.1, -0.05) is 13.0 Å². The second kappa shape index (κ2) is 9.72. The van der Waals surface area contributed by atoms with E-state index in [0.717, 1.165) is 41.7 Å². The SMILES string of the molecule is Cc1cc([C@H]2CC[C@](C)(C(=O)N[C@@H](C)c3ccc(-n4cc(F)cn4)nc3)C2)nc(Nc2cc(C)[nH]n2)n1. The number of carbonyl (C=O) groups is 1. The van der Waals surface area contributed by atoms with Gasteiger partial charge in [-0.05, 0) is 57.7 Å². The number of nitrogens with zero attached hydrogens (tertiary/aromatic N) is 6. The van der Waals surface area contributed by atoms with Gasteiger partial charge in [0.25, 0.3) is 0 Å². The van der Waals surface area contributed by atoms with Crippen LogP contribution in [0.25, 0.3) is 5.82 Å². The summed E-state index contributed by atoms with van der Waals surface area (Å²) in [5.74, 6) is 1.42. The van der Waals surface area contributed by atoms with Crippen LogP contribution in [0.2, 0.25) is 0 Å². The van der Waals surface area contributed by atoms with Crippen molar-refractivity contribution in [2.24, 2.45) is 5.41 Å². The van der Waals surface area contributed by atoms with Crippen molar-refractivity contribution in [3.05, 3.63) is 71.3 Å². The van der Waals surface area contributed by atoms with E-state index in [9.17, 15) is 9.18 Å². The van der Waals surface area contributed by atoms with Crippen LogP contribution in [0.4, 0.5) is 16.2 Å². The van der Waals surface area contributed by atoms with Gasteiger partial charge in [-0.25, -0.2) is 24.0 Å². The zero-order valence-corrected chi connectivity index (χ0v) is 21.3. The normalized spacial score (nSPS) is 20.1. The van der Waals surface area contributed by atoms with E-state index in [2.05, 4.69) is 35.9 Å². The molecule has 0 unspecified atom stereocenters. The highest BCUT2D eigenvalue weighted by atomic mass is 19.1. The van der Waals surface area contributed by atoms with E-state index in [-0.39, 0.29) is 17.9 Å². The van der Waals surface area contributed by atoms with Gasteiger partial charge in [0.1, 0.15) is 0 Å². The molecule has 0 spiro atoms. The first-order valence-electron chi connectivity index (χ1n) is 12.3. The number of anilines is 2. The van der Waals surface area contributed by atoms with Gasteiger partial charge in [-0.3, -0.25) is 9.89 Å². The molecule has 11 heteroatoms. The molecule has 1 aliphatic rings. The summed E-state index contributed by atoms with van der Waals surface area (Å²) in [7, 11) is 0. The first-order chi connectivity index (χ1) is 17.7. The Morgan fingerprint density at radius 2 is 2.08 bits per heavy atom. The number of rotatable bonds is 7. The van der Waals surface area contributed by atoms with Crippen molar-refractivity contribution in [3.8, 4) is 5.82 Å². The fourth-order valence-electron chi connectivity index (χ4n) is 4.82. The predicted molar refractivity (Wildman–Crippen MR) is 136 cm³/mol. The summed E-state index contributed by atoms with van der Waals surface area (Å²) >= 11 is 0. The lowest BCUT2D eigenvalue weighted by Gasteiger charge is -2.26. The number of pyridine rings is 1. The third kappa shape index (κ3) is 5.35. The molecule has 1 amide bonds. The number of carbonyl (C=O) groups excluding carboxylic acids is 1. The molecular formula is C26H30FN9O. The molecule has 0 aliphatic heterocycles. The Bertz CT molecular complexity index is 1410. The number of halogens is 1. The molecule has 5 rings (SSSR count). The standard InChI is InChI=1S/C26H30FN9O/c1-15-9-21(32-25(30-15)33-22-10-16(2)34-35-22)18-7-8-26(4,11-18)24(37)31-17(3)19-5-6-23(28-12-19)36-14-20(27)13-29-36/h5-6,9-10,12-14,17-18H,7-8,11H2,1-4H3,(H,31,37)(H2,30,32,33,34,35)/t17-,18-,26-/m0/s1. The highest BCUT2D eigenvalue weighted by Gasteiger charge is 2.42. The average Bonchev–Trinajstić information content (AvgIpc) is 3.59. The van der Waals surface area contributed by atoms with Crippen LogP contribution in [-0.4, -0.2) is 40.8 Å². The summed E-state index contributed by atoms with van der Waals surface area (Å²) < 4.78 is 14.6. The maximum atomic E-state index is 13.4.